The molecule has 100 valence electrons. The number of aliphatic hydroxyl groups is 1. The van der Waals surface area contributed by atoms with Gasteiger partial charge in [0, 0.05) is 17.8 Å². The van der Waals surface area contributed by atoms with E-state index in [0.717, 1.165) is 0 Å². The first-order valence-electron chi connectivity index (χ1n) is 5.55. The van der Waals surface area contributed by atoms with Crippen LogP contribution in [-0.2, 0) is 9.59 Å². The molecule has 1 atom stereocenters. The molecule has 0 spiro atoms. The number of rotatable bonds is 5. The van der Waals surface area contributed by atoms with Gasteiger partial charge in [0.1, 0.15) is 6.54 Å². The molecule has 0 saturated carbocycles. The van der Waals surface area contributed by atoms with Crippen molar-refractivity contribution in [2.75, 3.05) is 27.7 Å². The normalized spacial score (nSPS) is 16.4. The molecule has 0 heterocycles. The van der Waals surface area contributed by atoms with Crippen molar-refractivity contribution in [2.45, 2.75) is 32.8 Å². The third kappa shape index (κ3) is 5.28. The molecular formula is C12H23NO4. The number of ketones is 1. The van der Waals surface area contributed by atoms with Gasteiger partial charge >= 0.3 is 0 Å². The maximum atomic E-state index is 12.1. The van der Waals surface area contributed by atoms with E-state index in [2.05, 4.69) is 0 Å². The van der Waals surface area contributed by atoms with Gasteiger partial charge in [-0.15, -0.1) is 0 Å². The van der Waals surface area contributed by atoms with Crippen LogP contribution in [0, 0.1) is 5.41 Å². The lowest BCUT2D eigenvalue weighted by atomic mass is 9.78. The minimum absolute atomic E-state index is 0.0388. The largest absolute Gasteiger partial charge is 0.550 e. The maximum absolute atomic E-state index is 12.1. The zero-order chi connectivity index (χ0) is 14.1. The zero-order valence-electron chi connectivity index (χ0n) is 11.5. The van der Waals surface area contributed by atoms with E-state index in [1.54, 1.807) is 41.9 Å². The third-order valence-corrected chi connectivity index (χ3v) is 2.28. The minimum Gasteiger partial charge on any atom is -0.550 e. The van der Waals surface area contributed by atoms with Gasteiger partial charge in [-0.1, -0.05) is 20.8 Å². The Morgan fingerprint density at radius 3 is 1.82 bits per heavy atom. The van der Waals surface area contributed by atoms with Gasteiger partial charge in [-0.25, -0.2) is 0 Å². The Kier molecular flexibility index (Phi) is 4.48. The number of carboxylic acids is 1. The Balaban J connectivity index is 5.25. The number of carbonyl (C=O) groups is 2. The summed E-state index contributed by atoms with van der Waals surface area (Å²) in [4.78, 5) is 22.9. The molecule has 1 N–H and O–H groups in total. The van der Waals surface area contributed by atoms with Crippen LogP contribution in [0.4, 0.5) is 0 Å². The average molecular weight is 245 g/mol. The molecule has 0 aromatic carbocycles. The van der Waals surface area contributed by atoms with Crippen molar-refractivity contribution in [1.29, 1.82) is 0 Å². The van der Waals surface area contributed by atoms with Crippen molar-refractivity contribution < 1.29 is 24.3 Å². The number of nitrogens with zero attached hydrogens (tertiary/aromatic N) is 1. The summed E-state index contributed by atoms with van der Waals surface area (Å²) in [5.74, 6) is -1.89. The van der Waals surface area contributed by atoms with Gasteiger partial charge in [0.2, 0.25) is 0 Å². The number of carbonyl (C=O) groups excluding carboxylic acids is 2. The Bertz CT molecular complexity index is 311. The van der Waals surface area contributed by atoms with Crippen LogP contribution in [-0.4, -0.2) is 54.6 Å². The second-order valence-corrected chi connectivity index (χ2v) is 6.61. The molecule has 1 unspecified atom stereocenters. The van der Waals surface area contributed by atoms with Crippen LogP contribution in [0.1, 0.15) is 27.2 Å². The summed E-state index contributed by atoms with van der Waals surface area (Å²) in [6.45, 7) is 5.01. The Morgan fingerprint density at radius 1 is 1.18 bits per heavy atom. The highest BCUT2D eigenvalue weighted by molar-refractivity contribution is 5.94. The highest BCUT2D eigenvalue weighted by atomic mass is 16.4. The molecule has 0 aliphatic rings. The van der Waals surface area contributed by atoms with Crippen LogP contribution in [0.3, 0.4) is 0 Å². The van der Waals surface area contributed by atoms with Gasteiger partial charge in [-0.05, 0) is 0 Å². The monoisotopic (exact) mass is 245 g/mol. The molecule has 0 aromatic heterocycles. The van der Waals surface area contributed by atoms with E-state index >= 15 is 0 Å². The van der Waals surface area contributed by atoms with Crippen molar-refractivity contribution >= 4 is 11.8 Å². The van der Waals surface area contributed by atoms with Crippen molar-refractivity contribution in [1.82, 2.24) is 0 Å². The summed E-state index contributed by atoms with van der Waals surface area (Å²) in [5, 5.41) is 21.0. The smallest absolute Gasteiger partial charge is 0.177 e. The summed E-state index contributed by atoms with van der Waals surface area (Å²) in [6, 6.07) is 0. The van der Waals surface area contributed by atoms with E-state index < -0.39 is 29.2 Å². The first kappa shape index (κ1) is 16.1. The zero-order valence-corrected chi connectivity index (χ0v) is 11.5. The van der Waals surface area contributed by atoms with Crippen molar-refractivity contribution in [2.24, 2.45) is 5.41 Å². The summed E-state index contributed by atoms with van der Waals surface area (Å²) in [6.07, 6.45) is -0.668. The van der Waals surface area contributed by atoms with E-state index in [4.69, 9.17) is 0 Å². The van der Waals surface area contributed by atoms with Crippen LogP contribution < -0.4 is 5.11 Å². The molecule has 0 aliphatic heterocycles. The van der Waals surface area contributed by atoms with Crippen LogP contribution >= 0.6 is 0 Å². The second-order valence-electron chi connectivity index (χ2n) is 6.61. The lowest BCUT2D eigenvalue weighted by Crippen LogP contribution is -2.58. The molecule has 0 bridgehead atoms. The van der Waals surface area contributed by atoms with E-state index in [-0.39, 0.29) is 6.54 Å². The number of quaternary nitrogens is 1. The molecule has 0 aliphatic carbocycles. The van der Waals surface area contributed by atoms with E-state index in [9.17, 15) is 19.8 Å². The van der Waals surface area contributed by atoms with Crippen LogP contribution in [0.15, 0.2) is 0 Å². The fourth-order valence-electron chi connectivity index (χ4n) is 1.93. The molecule has 17 heavy (non-hydrogen) atoms. The standard InChI is InChI=1S/C12H23NO4/c1-11(2,3)10(16)12(17,7-9(14)15)8-13(4,5)6/h17H,7-8H2,1-6H3. The van der Waals surface area contributed by atoms with E-state index in [1.807, 2.05) is 0 Å². The van der Waals surface area contributed by atoms with Crippen LogP contribution in [0.2, 0.25) is 0 Å². The Labute approximate surface area is 103 Å². The van der Waals surface area contributed by atoms with Gasteiger partial charge in [0.25, 0.3) is 0 Å². The average Bonchev–Trinajstić information content (AvgIpc) is 1.95. The number of Topliss-reactive ketones (excluding diaryl/α,β-unsaturated/α-hetero) is 1. The number of hydrogen-bond donors (Lipinski definition) is 1. The third-order valence-electron chi connectivity index (χ3n) is 2.28. The number of aliphatic carboxylic acids is 1. The lowest BCUT2D eigenvalue weighted by molar-refractivity contribution is -0.875. The van der Waals surface area contributed by atoms with Gasteiger partial charge < -0.3 is 19.5 Å². The van der Waals surface area contributed by atoms with Crippen LogP contribution in [0.5, 0.6) is 0 Å². The molecule has 5 nitrogen and oxygen atoms in total. The van der Waals surface area contributed by atoms with Gasteiger partial charge in [-0.2, -0.15) is 0 Å². The topological polar surface area (TPSA) is 77.4 Å². The highest BCUT2D eigenvalue weighted by Crippen LogP contribution is 2.27. The summed E-state index contributed by atoms with van der Waals surface area (Å²) in [7, 11) is 5.36. The molecule has 0 rings (SSSR count). The van der Waals surface area contributed by atoms with Crippen molar-refractivity contribution in [3.05, 3.63) is 0 Å². The molecular weight excluding hydrogens is 222 g/mol. The molecule has 0 fully saturated rings. The first-order chi connectivity index (χ1) is 7.28. The molecule has 0 aromatic rings. The molecule has 0 radical (unpaired) electrons. The predicted octanol–water partition coefficient (Wildman–Crippen LogP) is -0.821. The van der Waals surface area contributed by atoms with E-state index in [1.165, 1.54) is 0 Å². The maximum Gasteiger partial charge on any atom is 0.177 e. The highest BCUT2D eigenvalue weighted by Gasteiger charge is 2.45. The van der Waals surface area contributed by atoms with Gasteiger partial charge in [0.15, 0.2) is 11.4 Å². The second kappa shape index (κ2) is 4.74. The molecule has 0 saturated heterocycles. The number of hydrogen-bond acceptors (Lipinski definition) is 4. The molecule has 0 amide bonds. The van der Waals surface area contributed by atoms with Gasteiger partial charge in [-0.3, -0.25) is 4.79 Å². The lowest BCUT2D eigenvalue weighted by Gasteiger charge is -2.38. The van der Waals surface area contributed by atoms with Gasteiger partial charge in [0.05, 0.1) is 21.1 Å². The number of likely N-dealkylation sites (N-methyl/N-ethyl adjacent to an activating group) is 1. The van der Waals surface area contributed by atoms with Crippen molar-refractivity contribution in [3.63, 3.8) is 0 Å². The SMILES string of the molecule is CC(C)(C)C(=O)C(O)(CC(=O)[O-])C[N+](C)(C)C. The molecule has 5 heteroatoms. The summed E-state index contributed by atoms with van der Waals surface area (Å²) >= 11 is 0. The fraction of sp³-hybridized carbons (Fsp3) is 0.833. The summed E-state index contributed by atoms with van der Waals surface area (Å²) in [5.41, 5.74) is -2.67. The fourth-order valence-corrected chi connectivity index (χ4v) is 1.93. The van der Waals surface area contributed by atoms with Crippen LogP contribution in [0.25, 0.3) is 0 Å². The Hall–Kier alpha value is -0.940. The quantitative estimate of drug-likeness (QED) is 0.642. The Morgan fingerprint density at radius 2 is 1.59 bits per heavy atom. The first-order valence-corrected chi connectivity index (χ1v) is 5.55. The number of carboxylic acid groups (broad SMARTS) is 1. The summed E-state index contributed by atoms with van der Waals surface area (Å²) < 4.78 is 0.297. The van der Waals surface area contributed by atoms with E-state index in [0.29, 0.717) is 4.48 Å². The minimum atomic E-state index is -1.88. The van der Waals surface area contributed by atoms with Crippen molar-refractivity contribution in [3.8, 4) is 0 Å². The predicted molar refractivity (Wildman–Crippen MR) is 61.9 cm³/mol.